The molecule has 2 rings (SSSR count). The Kier molecular flexibility index (Phi) is 12.7. The lowest BCUT2D eigenvalue weighted by molar-refractivity contribution is 0.00728. The van der Waals surface area contributed by atoms with Gasteiger partial charge in [-0.05, 0) is 68.7 Å². The fraction of sp³-hybridized carbons (Fsp3) is 1.00. The number of hydrogen-bond acceptors (Lipinski definition) is 1. The fourth-order valence-electron chi connectivity index (χ4n) is 5.23. The topological polar surface area (TPSA) is 9.23 Å². The van der Waals surface area contributed by atoms with Gasteiger partial charge in [0.1, 0.15) is 0 Å². The van der Waals surface area contributed by atoms with Crippen molar-refractivity contribution in [3.63, 3.8) is 0 Å². The molecule has 5 heteroatoms. The molecule has 0 aromatic heterocycles. The minimum atomic E-state index is -1.44. The molecule has 27 heavy (non-hydrogen) atoms. The van der Waals surface area contributed by atoms with Crippen molar-refractivity contribution < 1.29 is 4.74 Å². The molecular formula is C22H41Br3OSi. The van der Waals surface area contributed by atoms with Crippen LogP contribution in [0.5, 0.6) is 0 Å². The monoisotopic (exact) mass is 586 g/mol. The highest BCUT2D eigenvalue weighted by Crippen LogP contribution is 2.41. The third kappa shape index (κ3) is 11.0. The van der Waals surface area contributed by atoms with Gasteiger partial charge in [-0.15, -0.1) is 0 Å². The van der Waals surface area contributed by atoms with Crippen molar-refractivity contribution >= 4 is 49.8 Å². The van der Waals surface area contributed by atoms with Gasteiger partial charge in [0.15, 0.2) is 0 Å². The van der Waals surface area contributed by atoms with Gasteiger partial charge in [-0.1, -0.05) is 104 Å². The maximum Gasteiger partial charge on any atom is 0.267 e. The molecule has 2 aliphatic rings. The van der Waals surface area contributed by atoms with Crippen LogP contribution >= 0.6 is 45.9 Å². The quantitative estimate of drug-likeness (QED) is 0.125. The molecule has 0 atom stereocenters. The average molecular weight is 589 g/mol. The van der Waals surface area contributed by atoms with Gasteiger partial charge in [0.2, 0.25) is 0 Å². The molecule has 0 amide bonds. The van der Waals surface area contributed by atoms with Gasteiger partial charge >= 0.3 is 0 Å². The lowest BCUT2D eigenvalue weighted by atomic mass is 9.70. The molecule has 1 nitrogen and oxygen atoms in total. The molecule has 0 aliphatic heterocycles. The van der Waals surface area contributed by atoms with Gasteiger partial charge < -0.3 is 4.74 Å². The zero-order valence-electron chi connectivity index (χ0n) is 17.4. The van der Waals surface area contributed by atoms with Gasteiger partial charge in [0, 0.05) is 6.61 Å². The second-order valence-corrected chi connectivity index (χ2v) is 32.6. The Hall–Kier alpha value is 1.62. The summed E-state index contributed by atoms with van der Waals surface area (Å²) in [5.41, 5.74) is 0. The normalized spacial score (nSPS) is 29.8. The van der Waals surface area contributed by atoms with Crippen molar-refractivity contribution in [3.05, 3.63) is 0 Å². The van der Waals surface area contributed by atoms with Crippen molar-refractivity contribution in [1.29, 1.82) is 0 Å². The predicted octanol–water partition coefficient (Wildman–Crippen LogP) is 9.24. The summed E-state index contributed by atoms with van der Waals surface area (Å²) in [5, 5.41) is 0. The molecule has 2 saturated carbocycles. The summed E-state index contributed by atoms with van der Waals surface area (Å²) >= 11 is 11.1. The smallest absolute Gasteiger partial charge is 0.267 e. The molecular weight excluding hydrogens is 548 g/mol. The van der Waals surface area contributed by atoms with E-state index in [2.05, 4.69) is 52.8 Å². The molecule has 160 valence electrons. The molecule has 2 aliphatic carbocycles. The van der Waals surface area contributed by atoms with Crippen molar-refractivity contribution in [1.82, 2.24) is 0 Å². The first kappa shape index (κ1) is 24.9. The zero-order chi connectivity index (χ0) is 19.5. The lowest BCUT2D eigenvalue weighted by Gasteiger charge is -2.38. The first-order valence-electron chi connectivity index (χ1n) is 11.7. The van der Waals surface area contributed by atoms with Crippen LogP contribution in [0.1, 0.15) is 103 Å². The minimum Gasteiger partial charge on any atom is -0.378 e. The summed E-state index contributed by atoms with van der Waals surface area (Å²) < 4.78 is 4.72. The maximum atomic E-state index is 6.16. The fourth-order valence-corrected chi connectivity index (χ4v) is 8.30. The molecule has 0 radical (unpaired) electrons. The van der Waals surface area contributed by atoms with E-state index < -0.39 is 3.93 Å². The van der Waals surface area contributed by atoms with Crippen molar-refractivity contribution in [2.45, 2.75) is 115 Å². The first-order chi connectivity index (χ1) is 13.0. The average Bonchev–Trinajstić information content (AvgIpc) is 2.65. The van der Waals surface area contributed by atoms with Gasteiger partial charge in [0.05, 0.1) is 6.10 Å². The molecule has 0 N–H and O–H groups in total. The number of ether oxygens (including phenoxy) is 1. The molecule has 2 fully saturated rings. The second-order valence-electron chi connectivity index (χ2n) is 9.11. The Labute approximate surface area is 193 Å². The standard InChI is InChI=1S/C22H41Br3OSi/c1-2-3-4-5-6-8-19-9-11-20(12-10-19)21-13-15-22(16-14-21)26-17-7-18-27(23,24)25/h19-22H,2-18H2,1H3/t19-,20-,21-,22-. The van der Waals surface area contributed by atoms with E-state index >= 15 is 0 Å². The van der Waals surface area contributed by atoms with Crippen LogP contribution in [-0.2, 0) is 4.74 Å². The Morgan fingerprint density at radius 2 is 1.33 bits per heavy atom. The summed E-state index contributed by atoms with van der Waals surface area (Å²) in [5.74, 6) is 3.09. The summed E-state index contributed by atoms with van der Waals surface area (Å²) in [6, 6.07) is 1.17. The van der Waals surface area contributed by atoms with E-state index in [1.54, 1.807) is 0 Å². The van der Waals surface area contributed by atoms with Crippen molar-refractivity contribution in [3.8, 4) is 0 Å². The van der Waals surface area contributed by atoms with Crippen LogP contribution in [0, 0.1) is 17.8 Å². The van der Waals surface area contributed by atoms with Crippen molar-refractivity contribution in [2.75, 3.05) is 6.61 Å². The lowest BCUT2D eigenvalue weighted by Crippen LogP contribution is -2.29. The predicted molar refractivity (Wildman–Crippen MR) is 132 cm³/mol. The summed E-state index contributed by atoms with van der Waals surface area (Å²) in [6.07, 6.45) is 22.0. The number of halogens is 3. The van der Waals surface area contributed by atoms with E-state index in [1.165, 1.54) is 95.9 Å². The van der Waals surface area contributed by atoms with E-state index in [1.807, 2.05) is 0 Å². The van der Waals surface area contributed by atoms with Gasteiger partial charge in [-0.2, -0.15) is 0 Å². The van der Waals surface area contributed by atoms with E-state index in [0.717, 1.165) is 30.8 Å². The molecule has 0 unspecified atom stereocenters. The highest BCUT2D eigenvalue weighted by Gasteiger charge is 2.31. The maximum absolute atomic E-state index is 6.16. The van der Waals surface area contributed by atoms with E-state index in [-0.39, 0.29) is 0 Å². The van der Waals surface area contributed by atoms with Crippen LogP contribution in [0.15, 0.2) is 0 Å². The highest BCUT2D eigenvalue weighted by atomic mass is 80.0. The molecule has 0 bridgehead atoms. The largest absolute Gasteiger partial charge is 0.378 e. The summed E-state index contributed by atoms with van der Waals surface area (Å²) in [7, 11) is 0. The summed E-state index contributed by atoms with van der Waals surface area (Å²) in [4.78, 5) is 0. The van der Waals surface area contributed by atoms with Crippen LogP contribution in [0.3, 0.4) is 0 Å². The zero-order valence-corrected chi connectivity index (χ0v) is 23.1. The minimum absolute atomic E-state index is 0.540. The highest BCUT2D eigenvalue weighted by molar-refractivity contribution is 9.72. The Morgan fingerprint density at radius 3 is 1.93 bits per heavy atom. The molecule has 0 saturated heterocycles. The van der Waals surface area contributed by atoms with Crippen LogP contribution in [-0.4, -0.2) is 16.6 Å². The van der Waals surface area contributed by atoms with Gasteiger partial charge in [-0.3, -0.25) is 0 Å². The van der Waals surface area contributed by atoms with Crippen LogP contribution in [0.2, 0.25) is 6.04 Å². The molecule has 0 aromatic rings. The third-order valence-corrected chi connectivity index (χ3v) is 11.4. The SMILES string of the molecule is CCCCCCC[C@H]1CC[C@H]([C@H]2CC[C@H](OCCC[Si](Br)(Br)Br)CC2)CC1. The molecule has 0 spiro atoms. The Balaban J connectivity index is 1.52. The van der Waals surface area contributed by atoms with E-state index in [4.69, 9.17) is 4.74 Å². The molecule has 0 heterocycles. The summed E-state index contributed by atoms with van der Waals surface area (Å²) in [6.45, 7) is 3.24. The van der Waals surface area contributed by atoms with E-state index in [9.17, 15) is 0 Å². The van der Waals surface area contributed by atoms with Crippen LogP contribution < -0.4 is 0 Å². The Morgan fingerprint density at radius 1 is 0.741 bits per heavy atom. The Bertz CT molecular complexity index is 372. The van der Waals surface area contributed by atoms with Crippen molar-refractivity contribution in [2.24, 2.45) is 17.8 Å². The van der Waals surface area contributed by atoms with Gasteiger partial charge in [0.25, 0.3) is 3.93 Å². The van der Waals surface area contributed by atoms with Gasteiger partial charge in [-0.25, -0.2) is 0 Å². The second kappa shape index (κ2) is 13.8. The number of unbranched alkanes of at least 4 members (excludes halogenated alkanes) is 4. The van der Waals surface area contributed by atoms with Crippen LogP contribution in [0.25, 0.3) is 0 Å². The number of rotatable bonds is 12. The van der Waals surface area contributed by atoms with Crippen LogP contribution in [0.4, 0.5) is 0 Å². The third-order valence-electron chi connectivity index (χ3n) is 6.95. The first-order valence-corrected chi connectivity index (χ1v) is 20.6. The van der Waals surface area contributed by atoms with E-state index in [0.29, 0.717) is 6.10 Å². The molecule has 0 aromatic carbocycles. The number of hydrogen-bond donors (Lipinski definition) is 0.